The summed E-state index contributed by atoms with van der Waals surface area (Å²) >= 11 is 5.31. The molecule has 3 aromatic rings. The molecule has 0 atom stereocenters. The molecule has 5 nitrogen and oxygen atoms in total. The molecule has 7 heteroatoms. The number of H-pyrrole nitrogens is 1. The molecule has 3 rings (SSSR count). The molecular weight excluding hydrogens is 308 g/mol. The van der Waals surface area contributed by atoms with Gasteiger partial charge in [0.15, 0.2) is 14.6 Å². The molecule has 1 aromatic carbocycles. The van der Waals surface area contributed by atoms with Gasteiger partial charge < -0.3 is 14.0 Å². The summed E-state index contributed by atoms with van der Waals surface area (Å²) in [5, 5.41) is 0. The van der Waals surface area contributed by atoms with Crippen LogP contribution in [0.2, 0.25) is 0 Å². The first-order chi connectivity index (χ1) is 9.97. The lowest BCUT2D eigenvalue weighted by Gasteiger charge is -2.04. The molecule has 0 unspecified atom stereocenters. The van der Waals surface area contributed by atoms with Crippen LogP contribution in [0.5, 0.6) is 0 Å². The van der Waals surface area contributed by atoms with Crippen LogP contribution in [0.15, 0.2) is 45.9 Å². The molecular formula is C14H14N2O3S2. The molecule has 0 spiro atoms. The van der Waals surface area contributed by atoms with Gasteiger partial charge in [-0.25, -0.2) is 8.42 Å². The van der Waals surface area contributed by atoms with Crippen molar-refractivity contribution in [3.63, 3.8) is 0 Å². The monoisotopic (exact) mass is 322 g/mol. The predicted molar refractivity (Wildman–Crippen MR) is 82.6 cm³/mol. The number of aromatic nitrogens is 2. The van der Waals surface area contributed by atoms with E-state index in [2.05, 4.69) is 4.98 Å². The summed E-state index contributed by atoms with van der Waals surface area (Å²) in [6.45, 7) is 0.625. The Bertz CT molecular complexity index is 934. The van der Waals surface area contributed by atoms with Gasteiger partial charge in [-0.05, 0) is 36.5 Å². The molecule has 0 bridgehead atoms. The average Bonchev–Trinajstić information content (AvgIpc) is 3.01. The summed E-state index contributed by atoms with van der Waals surface area (Å²) in [6.07, 6.45) is 3.52. The fourth-order valence-corrected chi connectivity index (χ4v) is 3.51. The topological polar surface area (TPSA) is 68.0 Å². The molecule has 0 aliphatic carbocycles. The van der Waals surface area contributed by atoms with Crippen molar-refractivity contribution in [3.8, 4) is 0 Å². The molecule has 0 amide bonds. The Morgan fingerprint density at radius 3 is 2.76 bits per heavy atom. The lowest BCUT2D eigenvalue weighted by atomic mass is 10.3. The minimum atomic E-state index is -3.30. The van der Waals surface area contributed by atoms with Crippen molar-refractivity contribution in [3.05, 3.63) is 47.1 Å². The summed E-state index contributed by atoms with van der Waals surface area (Å²) in [4.78, 5) is 3.27. The highest BCUT2D eigenvalue weighted by Crippen LogP contribution is 2.22. The molecule has 0 saturated carbocycles. The largest absolute Gasteiger partial charge is 0.469 e. The second-order valence-corrected chi connectivity index (χ2v) is 7.20. The van der Waals surface area contributed by atoms with E-state index in [0.29, 0.717) is 23.3 Å². The van der Waals surface area contributed by atoms with E-state index >= 15 is 0 Å². The lowest BCUT2D eigenvalue weighted by Crippen LogP contribution is -2.01. The van der Waals surface area contributed by atoms with Gasteiger partial charge in [0.2, 0.25) is 0 Å². The summed E-state index contributed by atoms with van der Waals surface area (Å²) in [5.41, 5.74) is 1.35. The van der Waals surface area contributed by atoms with Gasteiger partial charge in [-0.15, -0.1) is 0 Å². The Morgan fingerprint density at radius 2 is 2.10 bits per heavy atom. The Hall–Kier alpha value is -1.86. The van der Waals surface area contributed by atoms with Gasteiger partial charge in [-0.1, -0.05) is 6.07 Å². The van der Waals surface area contributed by atoms with Crippen LogP contribution in [0.25, 0.3) is 11.0 Å². The number of sulfone groups is 1. The van der Waals surface area contributed by atoms with E-state index in [-0.39, 0.29) is 4.90 Å². The highest BCUT2D eigenvalue weighted by atomic mass is 32.2. The number of aryl methyl sites for hydroxylation is 2. The normalized spacial score (nSPS) is 12.0. The summed E-state index contributed by atoms with van der Waals surface area (Å²) in [5.74, 6) is 0.866. The number of aromatic amines is 1. The van der Waals surface area contributed by atoms with Gasteiger partial charge in [0, 0.05) is 19.2 Å². The van der Waals surface area contributed by atoms with E-state index in [0.717, 1.165) is 11.3 Å². The number of fused-ring (bicyclic) bond motifs is 1. The van der Waals surface area contributed by atoms with E-state index < -0.39 is 9.84 Å². The van der Waals surface area contributed by atoms with Crippen molar-refractivity contribution in [1.82, 2.24) is 9.55 Å². The number of hydrogen-bond donors (Lipinski definition) is 1. The quantitative estimate of drug-likeness (QED) is 0.750. The molecule has 0 saturated heterocycles. The minimum Gasteiger partial charge on any atom is -0.469 e. The number of nitrogens with zero attached hydrogens (tertiary/aromatic N) is 1. The first kappa shape index (κ1) is 14.1. The summed E-state index contributed by atoms with van der Waals surface area (Å²) in [6, 6.07) is 8.91. The van der Waals surface area contributed by atoms with Crippen molar-refractivity contribution in [2.24, 2.45) is 0 Å². The van der Waals surface area contributed by atoms with Crippen molar-refractivity contribution in [2.75, 3.05) is 6.26 Å². The van der Waals surface area contributed by atoms with Gasteiger partial charge >= 0.3 is 0 Å². The minimum absolute atomic E-state index is 0.267. The number of benzene rings is 1. The Balaban J connectivity index is 2.08. The van der Waals surface area contributed by atoms with Crippen molar-refractivity contribution < 1.29 is 12.8 Å². The Kier molecular flexibility index (Phi) is 3.46. The number of hydrogen-bond acceptors (Lipinski definition) is 4. The molecule has 2 heterocycles. The zero-order valence-corrected chi connectivity index (χ0v) is 13.0. The van der Waals surface area contributed by atoms with Gasteiger partial charge in [-0.2, -0.15) is 0 Å². The third kappa shape index (κ3) is 2.66. The third-order valence-corrected chi connectivity index (χ3v) is 4.80. The summed E-state index contributed by atoms with van der Waals surface area (Å²) in [7, 11) is -3.30. The molecule has 0 aliphatic heterocycles. The maximum atomic E-state index is 11.8. The van der Waals surface area contributed by atoms with Gasteiger partial charge in [-0.3, -0.25) is 0 Å². The number of para-hydroxylation sites is 1. The molecule has 0 radical (unpaired) electrons. The Morgan fingerprint density at radius 1 is 1.29 bits per heavy atom. The first-order valence-electron chi connectivity index (χ1n) is 6.41. The number of furan rings is 1. The fourth-order valence-electron chi connectivity index (χ4n) is 2.36. The molecule has 2 aromatic heterocycles. The van der Waals surface area contributed by atoms with Crippen LogP contribution in [-0.4, -0.2) is 24.2 Å². The maximum Gasteiger partial charge on any atom is 0.178 e. The highest BCUT2D eigenvalue weighted by molar-refractivity contribution is 7.91. The SMILES string of the molecule is CS(=O)(=O)c1cccc2c1[nH]c(=S)n2CCc1ccco1. The second kappa shape index (κ2) is 5.16. The van der Waals surface area contributed by atoms with Gasteiger partial charge in [0.25, 0.3) is 0 Å². The van der Waals surface area contributed by atoms with E-state index in [1.54, 1.807) is 18.4 Å². The van der Waals surface area contributed by atoms with E-state index in [4.69, 9.17) is 16.6 Å². The lowest BCUT2D eigenvalue weighted by molar-refractivity contribution is 0.492. The molecule has 21 heavy (non-hydrogen) atoms. The smallest absolute Gasteiger partial charge is 0.178 e. The highest BCUT2D eigenvalue weighted by Gasteiger charge is 2.15. The van der Waals surface area contributed by atoms with Crippen LogP contribution in [-0.2, 0) is 22.8 Å². The van der Waals surface area contributed by atoms with Crippen LogP contribution in [0.4, 0.5) is 0 Å². The van der Waals surface area contributed by atoms with Crippen molar-refractivity contribution in [1.29, 1.82) is 0 Å². The van der Waals surface area contributed by atoms with Crippen LogP contribution in [0.3, 0.4) is 0 Å². The molecule has 0 fully saturated rings. The van der Waals surface area contributed by atoms with E-state index in [1.807, 2.05) is 22.8 Å². The molecule has 0 aliphatic rings. The van der Waals surface area contributed by atoms with Gasteiger partial charge in [0.1, 0.15) is 5.76 Å². The molecule has 110 valence electrons. The maximum absolute atomic E-state index is 11.8. The zero-order valence-electron chi connectivity index (χ0n) is 11.4. The van der Waals surface area contributed by atoms with Crippen LogP contribution in [0, 0.1) is 4.77 Å². The van der Waals surface area contributed by atoms with E-state index in [1.165, 1.54) is 6.26 Å². The van der Waals surface area contributed by atoms with Crippen molar-refractivity contribution >= 4 is 33.1 Å². The number of nitrogens with one attached hydrogen (secondary N) is 1. The fraction of sp³-hybridized carbons (Fsp3) is 0.214. The average molecular weight is 322 g/mol. The zero-order chi connectivity index (χ0) is 15.0. The summed E-state index contributed by atoms with van der Waals surface area (Å²) < 4.78 is 31.4. The predicted octanol–water partition coefficient (Wildman–Crippen LogP) is 2.94. The van der Waals surface area contributed by atoms with Crippen molar-refractivity contribution in [2.45, 2.75) is 17.9 Å². The van der Waals surface area contributed by atoms with Crippen LogP contribution in [0.1, 0.15) is 5.76 Å². The first-order valence-corrected chi connectivity index (χ1v) is 8.71. The van der Waals surface area contributed by atoms with E-state index in [9.17, 15) is 8.42 Å². The third-order valence-electron chi connectivity index (χ3n) is 3.33. The Labute approximate surface area is 127 Å². The number of imidazole rings is 1. The van der Waals surface area contributed by atoms with Gasteiger partial charge in [0.05, 0.1) is 22.2 Å². The standard InChI is InChI=1S/C14H14N2O3S2/c1-21(17,18)12-6-2-5-11-13(12)15-14(20)16(11)8-7-10-4-3-9-19-10/h2-6,9H,7-8H2,1H3,(H,15,20). The molecule has 1 N–H and O–H groups in total. The van der Waals surface area contributed by atoms with Crippen LogP contribution < -0.4 is 0 Å². The second-order valence-electron chi connectivity index (χ2n) is 4.83. The number of rotatable bonds is 4. The van der Waals surface area contributed by atoms with Crippen LogP contribution >= 0.6 is 12.2 Å².